The molecule has 3 aromatic rings. The Morgan fingerprint density at radius 2 is 1.85 bits per heavy atom. The molecule has 0 unspecified atom stereocenters. The Balaban J connectivity index is 1.42. The van der Waals surface area contributed by atoms with Gasteiger partial charge >= 0.3 is 0 Å². The third kappa shape index (κ3) is 3.41. The molecular weight excluding hydrogens is 340 g/mol. The van der Waals surface area contributed by atoms with E-state index in [0.29, 0.717) is 12.0 Å². The molecular formula is C19H26N8. The second-order valence-corrected chi connectivity index (χ2v) is 7.69. The summed E-state index contributed by atoms with van der Waals surface area (Å²) in [4.78, 5) is 9.32. The summed E-state index contributed by atoms with van der Waals surface area (Å²) in [7, 11) is 0. The number of anilines is 2. The maximum atomic E-state index is 4.93. The molecule has 0 atom stereocenters. The number of aromatic nitrogens is 6. The lowest BCUT2D eigenvalue weighted by Crippen LogP contribution is -2.29. The van der Waals surface area contributed by atoms with Crippen LogP contribution >= 0.6 is 0 Å². The molecule has 1 aliphatic carbocycles. The van der Waals surface area contributed by atoms with E-state index in [1.54, 1.807) is 6.33 Å². The van der Waals surface area contributed by atoms with Crippen molar-refractivity contribution in [1.29, 1.82) is 0 Å². The highest BCUT2D eigenvalue weighted by Gasteiger charge is 2.20. The van der Waals surface area contributed by atoms with Crippen molar-refractivity contribution in [2.24, 2.45) is 0 Å². The van der Waals surface area contributed by atoms with Gasteiger partial charge in [-0.05, 0) is 38.8 Å². The van der Waals surface area contributed by atoms with Gasteiger partial charge in [-0.15, -0.1) is 0 Å². The smallest absolute Gasteiger partial charge is 0.198 e. The minimum Gasteiger partial charge on any atom is -0.334 e. The van der Waals surface area contributed by atoms with Gasteiger partial charge in [-0.3, -0.25) is 4.68 Å². The van der Waals surface area contributed by atoms with Crippen LogP contribution in [0.3, 0.4) is 0 Å². The Hall–Kier alpha value is -2.48. The average molecular weight is 366 g/mol. The molecule has 142 valence electrons. The zero-order valence-corrected chi connectivity index (χ0v) is 15.5. The Bertz CT molecular complexity index is 901. The molecule has 0 radical (unpaired) electrons. The molecule has 0 amide bonds. The van der Waals surface area contributed by atoms with Gasteiger partial charge in [0.25, 0.3) is 0 Å². The van der Waals surface area contributed by atoms with Crippen LogP contribution in [-0.2, 0) is 0 Å². The molecule has 0 bridgehead atoms. The fourth-order valence-corrected chi connectivity index (χ4v) is 4.34. The molecule has 2 aliphatic rings. The van der Waals surface area contributed by atoms with Gasteiger partial charge in [0, 0.05) is 12.1 Å². The summed E-state index contributed by atoms with van der Waals surface area (Å²) < 4.78 is 3.92. The summed E-state index contributed by atoms with van der Waals surface area (Å²) >= 11 is 0. The van der Waals surface area contributed by atoms with E-state index >= 15 is 0 Å². The third-order valence-corrected chi connectivity index (χ3v) is 5.85. The number of nitrogens with zero attached hydrogens (tertiary/aromatic N) is 6. The summed E-state index contributed by atoms with van der Waals surface area (Å²) in [6.45, 7) is 2.11. The Labute approximate surface area is 158 Å². The number of nitrogens with one attached hydrogen (secondary N) is 2. The lowest BCUT2D eigenvalue weighted by atomic mass is 9.87. The first-order chi connectivity index (χ1) is 13.4. The molecule has 0 aromatic carbocycles. The van der Waals surface area contributed by atoms with Crippen molar-refractivity contribution in [3.05, 3.63) is 30.6 Å². The van der Waals surface area contributed by atoms with Crippen LogP contribution in [0, 0.1) is 0 Å². The molecule has 5 rings (SSSR count). The first kappa shape index (κ1) is 16.7. The highest BCUT2D eigenvalue weighted by Crippen LogP contribution is 2.33. The lowest BCUT2D eigenvalue weighted by Gasteiger charge is -2.22. The molecule has 1 aliphatic heterocycles. The molecule has 1 saturated carbocycles. The van der Waals surface area contributed by atoms with Gasteiger partial charge in [-0.1, -0.05) is 19.3 Å². The molecule has 8 heteroatoms. The van der Waals surface area contributed by atoms with Gasteiger partial charge in [0.15, 0.2) is 11.5 Å². The van der Waals surface area contributed by atoms with E-state index in [-0.39, 0.29) is 0 Å². The van der Waals surface area contributed by atoms with Gasteiger partial charge in [0.05, 0.1) is 29.8 Å². The van der Waals surface area contributed by atoms with Gasteiger partial charge in [0.2, 0.25) is 0 Å². The van der Waals surface area contributed by atoms with Crippen molar-refractivity contribution in [3.8, 4) is 0 Å². The minimum atomic E-state index is 0.469. The second kappa shape index (κ2) is 7.26. The van der Waals surface area contributed by atoms with E-state index in [2.05, 4.69) is 36.7 Å². The van der Waals surface area contributed by atoms with Gasteiger partial charge < -0.3 is 10.6 Å². The van der Waals surface area contributed by atoms with Gasteiger partial charge in [-0.25, -0.2) is 14.5 Å². The summed E-state index contributed by atoms with van der Waals surface area (Å²) in [5, 5.41) is 15.8. The lowest BCUT2D eigenvalue weighted by molar-refractivity contribution is 0.343. The zero-order chi connectivity index (χ0) is 18.1. The van der Waals surface area contributed by atoms with Crippen molar-refractivity contribution < 1.29 is 0 Å². The Morgan fingerprint density at radius 3 is 2.70 bits per heavy atom. The first-order valence-electron chi connectivity index (χ1n) is 10.1. The van der Waals surface area contributed by atoms with Crippen LogP contribution in [0.5, 0.6) is 0 Å². The maximum absolute atomic E-state index is 4.93. The van der Waals surface area contributed by atoms with E-state index in [1.807, 2.05) is 16.9 Å². The molecule has 4 heterocycles. The van der Waals surface area contributed by atoms with Crippen LogP contribution in [0.15, 0.2) is 24.9 Å². The van der Waals surface area contributed by atoms with E-state index < -0.39 is 0 Å². The quantitative estimate of drug-likeness (QED) is 0.738. The standard InChI is InChI=1S/C19H26N8/c1-2-4-14(5-3-1)17-12-27-19(21-13-23-27)18(25-17)24-15-10-22-26(11-15)16-6-8-20-9-7-16/h10-14,16,20H,1-9H2,(H,24,25). The minimum absolute atomic E-state index is 0.469. The number of rotatable bonds is 4. The number of fused-ring (bicyclic) bond motifs is 1. The maximum Gasteiger partial charge on any atom is 0.198 e. The average Bonchev–Trinajstić information content (AvgIpc) is 3.39. The monoisotopic (exact) mass is 366 g/mol. The Morgan fingerprint density at radius 1 is 1.00 bits per heavy atom. The molecule has 27 heavy (non-hydrogen) atoms. The first-order valence-corrected chi connectivity index (χ1v) is 10.1. The van der Waals surface area contributed by atoms with Crippen molar-refractivity contribution in [2.75, 3.05) is 18.4 Å². The summed E-state index contributed by atoms with van der Waals surface area (Å²) in [6.07, 6.45) is 16.1. The number of hydrogen-bond donors (Lipinski definition) is 2. The van der Waals surface area contributed by atoms with E-state index in [9.17, 15) is 0 Å². The van der Waals surface area contributed by atoms with Crippen LogP contribution in [0.4, 0.5) is 11.5 Å². The zero-order valence-electron chi connectivity index (χ0n) is 15.5. The molecule has 3 aromatic heterocycles. The molecule has 2 fully saturated rings. The molecule has 2 N–H and O–H groups in total. The number of piperidine rings is 1. The normalized spacial score (nSPS) is 19.6. The summed E-state index contributed by atoms with van der Waals surface area (Å²) in [5.74, 6) is 1.28. The van der Waals surface area contributed by atoms with Crippen LogP contribution in [-0.4, -0.2) is 42.5 Å². The summed E-state index contributed by atoms with van der Waals surface area (Å²) in [6, 6.07) is 0.469. The van der Waals surface area contributed by atoms with Crippen molar-refractivity contribution in [3.63, 3.8) is 0 Å². The third-order valence-electron chi connectivity index (χ3n) is 5.85. The number of hydrogen-bond acceptors (Lipinski definition) is 6. The molecule has 1 saturated heterocycles. The Kier molecular flexibility index (Phi) is 4.49. The van der Waals surface area contributed by atoms with E-state index in [0.717, 1.165) is 48.8 Å². The van der Waals surface area contributed by atoms with Crippen LogP contribution < -0.4 is 10.6 Å². The topological polar surface area (TPSA) is 85.0 Å². The second-order valence-electron chi connectivity index (χ2n) is 7.69. The van der Waals surface area contributed by atoms with Gasteiger partial charge in [-0.2, -0.15) is 10.2 Å². The highest BCUT2D eigenvalue weighted by molar-refractivity contribution is 5.68. The predicted molar refractivity (Wildman–Crippen MR) is 103 cm³/mol. The van der Waals surface area contributed by atoms with Crippen LogP contribution in [0.1, 0.15) is 62.6 Å². The molecule has 0 spiro atoms. The molecule has 8 nitrogen and oxygen atoms in total. The van der Waals surface area contributed by atoms with Crippen molar-refractivity contribution in [2.45, 2.75) is 56.9 Å². The van der Waals surface area contributed by atoms with Gasteiger partial charge in [0.1, 0.15) is 6.33 Å². The van der Waals surface area contributed by atoms with Crippen LogP contribution in [0.2, 0.25) is 0 Å². The SMILES string of the molecule is c1nc2c(Nc3cnn(C4CCNCC4)c3)nc(C3CCCCC3)cn2n1. The largest absolute Gasteiger partial charge is 0.334 e. The fourth-order valence-electron chi connectivity index (χ4n) is 4.34. The predicted octanol–water partition coefficient (Wildman–Crippen LogP) is 3.04. The highest BCUT2D eigenvalue weighted by atomic mass is 15.3. The summed E-state index contributed by atoms with van der Waals surface area (Å²) in [5.41, 5.74) is 2.82. The van der Waals surface area contributed by atoms with Crippen molar-refractivity contribution >= 4 is 17.2 Å². The van der Waals surface area contributed by atoms with E-state index in [1.165, 1.54) is 32.1 Å². The van der Waals surface area contributed by atoms with E-state index in [4.69, 9.17) is 4.98 Å². The van der Waals surface area contributed by atoms with Crippen LogP contribution in [0.25, 0.3) is 5.65 Å². The van der Waals surface area contributed by atoms with Crippen molar-refractivity contribution in [1.82, 2.24) is 34.7 Å². The fraction of sp³-hybridized carbons (Fsp3) is 0.579.